The number of aliphatic hydroxyl groups is 2. The Morgan fingerprint density at radius 1 is 0.479 bits per heavy atom. The van der Waals surface area contributed by atoms with Gasteiger partial charge in [-0.25, -0.2) is 4.79 Å². The molecule has 0 aromatic heterocycles. The van der Waals surface area contributed by atoms with E-state index in [0.717, 1.165) is 70.6 Å². The van der Waals surface area contributed by atoms with Crippen LogP contribution in [-0.2, 0) is 42.9 Å². The lowest BCUT2D eigenvalue weighted by Gasteiger charge is -2.40. The molecule has 1 rings (SSSR count). The van der Waals surface area contributed by atoms with Crippen LogP contribution in [-0.4, -0.2) is 89.2 Å². The second kappa shape index (κ2) is 47.4. The van der Waals surface area contributed by atoms with Crippen LogP contribution in [0, 0.1) is 0 Å². The van der Waals surface area contributed by atoms with Gasteiger partial charge < -0.3 is 39.0 Å². The molecule has 0 aliphatic carbocycles. The highest BCUT2D eigenvalue weighted by atomic mass is 16.7. The van der Waals surface area contributed by atoms with E-state index in [1.165, 1.54) is 103 Å². The third-order valence-electron chi connectivity index (χ3n) is 12.6. The number of allylic oxidation sites excluding steroid dienone is 10. The normalized spacial score (nSPS) is 18.9. The number of carbonyl (C=O) groups is 4. The molecule has 0 spiro atoms. The van der Waals surface area contributed by atoms with E-state index in [1.54, 1.807) is 0 Å². The molecule has 12 nitrogen and oxygen atoms in total. The summed E-state index contributed by atoms with van der Waals surface area (Å²) in [5.41, 5.74) is 0. The van der Waals surface area contributed by atoms with Crippen molar-refractivity contribution in [1.82, 2.24) is 0 Å². The zero-order valence-electron chi connectivity index (χ0n) is 44.7. The molecule has 0 bridgehead atoms. The van der Waals surface area contributed by atoms with Crippen LogP contribution in [0.4, 0.5) is 0 Å². The average Bonchev–Trinajstić information content (AvgIpc) is 3.35. The van der Waals surface area contributed by atoms with Crippen molar-refractivity contribution in [2.75, 3.05) is 13.2 Å². The topological polar surface area (TPSA) is 175 Å². The molecule has 6 atom stereocenters. The lowest BCUT2D eigenvalue weighted by molar-refractivity contribution is -0.301. The quantitative estimate of drug-likeness (QED) is 0.0228. The van der Waals surface area contributed by atoms with Crippen molar-refractivity contribution in [3.8, 4) is 0 Å². The molecule has 1 aliphatic rings. The summed E-state index contributed by atoms with van der Waals surface area (Å²) >= 11 is 0. The number of esters is 3. The molecule has 0 saturated carbocycles. The van der Waals surface area contributed by atoms with Crippen LogP contribution in [0.5, 0.6) is 0 Å². The molecule has 1 aliphatic heterocycles. The molecule has 12 heteroatoms. The maximum atomic E-state index is 13.1. The predicted octanol–water partition coefficient (Wildman–Crippen LogP) is 14.0. The summed E-state index contributed by atoms with van der Waals surface area (Å²) in [6.45, 7) is 5.84. The maximum Gasteiger partial charge on any atom is 0.335 e. The summed E-state index contributed by atoms with van der Waals surface area (Å²) < 4.78 is 28.3. The fourth-order valence-corrected chi connectivity index (χ4v) is 8.29. The summed E-state index contributed by atoms with van der Waals surface area (Å²) in [5.74, 6) is -3.18. The van der Waals surface area contributed by atoms with Gasteiger partial charge in [0.1, 0.15) is 18.8 Å². The van der Waals surface area contributed by atoms with Crippen LogP contribution in [0.3, 0.4) is 0 Å². The number of unbranched alkanes of at least 4 members (excludes halogenated alkanes) is 23. The Hall–Kier alpha value is -3.58. The molecule has 6 unspecified atom stereocenters. The van der Waals surface area contributed by atoms with Crippen molar-refractivity contribution in [2.24, 2.45) is 0 Å². The molecule has 3 N–H and O–H groups in total. The molecular weight excluding hydrogens is 901 g/mol. The molecule has 0 aromatic rings. The standard InChI is InChI=1S/C59H100O12/c1-4-7-10-13-16-19-22-24-25-26-27-29-32-35-38-41-44-47-53(62)70-57-55(64)54(63)56(58(65)66)71-59(57)68-49-50(69-52(61)46-43-40-37-34-30-21-18-15-12-9-6-3)48-67-51(60)45-42-39-36-33-31-28-23-20-17-14-11-8-5-2/h7,10,16,19,24-25,27,29,35,38,50,54-57,59,63-64H,4-6,8-9,11-15,17-18,20-23,26,28,30-34,36-37,39-49H2,1-3H3,(H,65,66)/b10-7-,19-16-,25-24-,29-27-,38-35-. The number of rotatable bonds is 47. The Morgan fingerprint density at radius 3 is 1.34 bits per heavy atom. The van der Waals surface area contributed by atoms with Crippen molar-refractivity contribution >= 4 is 23.9 Å². The van der Waals surface area contributed by atoms with Gasteiger partial charge in [-0.15, -0.1) is 0 Å². The van der Waals surface area contributed by atoms with Crippen molar-refractivity contribution in [1.29, 1.82) is 0 Å². The van der Waals surface area contributed by atoms with Crippen LogP contribution >= 0.6 is 0 Å². The first kappa shape index (κ1) is 65.4. The van der Waals surface area contributed by atoms with E-state index in [1.807, 2.05) is 12.2 Å². The maximum absolute atomic E-state index is 13.1. The molecule has 408 valence electrons. The number of carboxylic acids is 1. The lowest BCUT2D eigenvalue weighted by Crippen LogP contribution is -2.61. The Labute approximate surface area is 430 Å². The van der Waals surface area contributed by atoms with E-state index in [4.69, 9.17) is 23.7 Å². The number of hydrogen-bond donors (Lipinski definition) is 3. The minimum Gasteiger partial charge on any atom is -0.479 e. The highest BCUT2D eigenvalue weighted by Gasteiger charge is 2.50. The summed E-state index contributed by atoms with van der Waals surface area (Å²) in [7, 11) is 0. The van der Waals surface area contributed by atoms with Gasteiger partial charge in [0, 0.05) is 19.3 Å². The predicted molar refractivity (Wildman–Crippen MR) is 285 cm³/mol. The van der Waals surface area contributed by atoms with E-state index in [2.05, 4.69) is 69.4 Å². The molecule has 1 fully saturated rings. The van der Waals surface area contributed by atoms with Crippen LogP contribution < -0.4 is 0 Å². The Kier molecular flexibility index (Phi) is 43.7. The lowest BCUT2D eigenvalue weighted by atomic mass is 9.98. The number of carbonyl (C=O) groups excluding carboxylic acids is 3. The van der Waals surface area contributed by atoms with Gasteiger partial charge in [-0.05, 0) is 57.8 Å². The average molecular weight is 1000 g/mol. The van der Waals surface area contributed by atoms with E-state index >= 15 is 0 Å². The van der Waals surface area contributed by atoms with Gasteiger partial charge in [0.25, 0.3) is 0 Å². The molecule has 0 aromatic carbocycles. The fraction of sp³-hybridized carbons (Fsp3) is 0.763. The molecule has 1 saturated heterocycles. The van der Waals surface area contributed by atoms with Gasteiger partial charge >= 0.3 is 23.9 Å². The first-order valence-electron chi connectivity index (χ1n) is 28.3. The van der Waals surface area contributed by atoms with Gasteiger partial charge in [0.15, 0.2) is 24.6 Å². The van der Waals surface area contributed by atoms with Crippen LogP contribution in [0.15, 0.2) is 60.8 Å². The van der Waals surface area contributed by atoms with Crippen molar-refractivity contribution in [3.05, 3.63) is 60.8 Å². The van der Waals surface area contributed by atoms with Gasteiger partial charge in [0.05, 0.1) is 6.61 Å². The summed E-state index contributed by atoms with van der Waals surface area (Å²) in [6, 6.07) is 0. The van der Waals surface area contributed by atoms with E-state index in [9.17, 15) is 34.5 Å². The molecular formula is C59H100O12. The number of hydrogen-bond acceptors (Lipinski definition) is 11. The molecule has 1 heterocycles. The Balaban J connectivity index is 2.73. The third kappa shape index (κ3) is 37.8. The van der Waals surface area contributed by atoms with E-state index in [-0.39, 0.29) is 25.9 Å². The third-order valence-corrected chi connectivity index (χ3v) is 12.6. The van der Waals surface area contributed by atoms with Crippen LogP contribution in [0.1, 0.15) is 239 Å². The zero-order chi connectivity index (χ0) is 51.8. The Bertz CT molecular complexity index is 1470. The minimum atomic E-state index is -1.92. The number of aliphatic carboxylic acids is 1. The minimum absolute atomic E-state index is 0.0167. The summed E-state index contributed by atoms with van der Waals surface area (Å²) in [6.07, 6.45) is 44.9. The van der Waals surface area contributed by atoms with Crippen LogP contribution in [0.25, 0.3) is 0 Å². The van der Waals surface area contributed by atoms with Gasteiger partial charge in [-0.2, -0.15) is 0 Å². The number of aliphatic hydroxyl groups excluding tert-OH is 2. The second-order valence-corrected chi connectivity index (χ2v) is 19.2. The van der Waals surface area contributed by atoms with Gasteiger partial charge in [0.2, 0.25) is 0 Å². The number of carboxylic acid groups (broad SMARTS) is 1. The van der Waals surface area contributed by atoms with Crippen molar-refractivity contribution in [3.63, 3.8) is 0 Å². The largest absolute Gasteiger partial charge is 0.479 e. The second-order valence-electron chi connectivity index (χ2n) is 19.2. The van der Waals surface area contributed by atoms with Crippen molar-refractivity contribution < 1.29 is 58.2 Å². The smallest absolute Gasteiger partial charge is 0.335 e. The monoisotopic (exact) mass is 1000 g/mol. The highest BCUT2D eigenvalue weighted by Crippen LogP contribution is 2.26. The molecule has 0 radical (unpaired) electrons. The van der Waals surface area contributed by atoms with E-state index in [0.29, 0.717) is 25.7 Å². The zero-order valence-corrected chi connectivity index (χ0v) is 44.7. The van der Waals surface area contributed by atoms with Gasteiger partial charge in [-0.1, -0.05) is 223 Å². The first-order valence-corrected chi connectivity index (χ1v) is 28.3. The summed E-state index contributed by atoms with van der Waals surface area (Å²) in [5, 5.41) is 31.4. The van der Waals surface area contributed by atoms with Gasteiger partial charge in [-0.3, -0.25) is 14.4 Å². The van der Waals surface area contributed by atoms with Crippen molar-refractivity contribution in [2.45, 2.75) is 276 Å². The highest BCUT2D eigenvalue weighted by molar-refractivity contribution is 5.74. The fourth-order valence-electron chi connectivity index (χ4n) is 8.29. The van der Waals surface area contributed by atoms with E-state index < -0.39 is 67.3 Å². The SMILES string of the molecule is CC/C=C\C/C=C\C/C=C\C/C=C\C/C=C\CCCC(=O)OC1C(OCC(COC(=O)CCCCCCCCCCCCCCC)OC(=O)CCCCCCCCCCCCC)OC(C(=O)O)C(O)C1O. The molecule has 0 amide bonds. The Morgan fingerprint density at radius 2 is 0.887 bits per heavy atom. The summed E-state index contributed by atoms with van der Waals surface area (Å²) in [4.78, 5) is 50.9. The number of ether oxygens (including phenoxy) is 5. The molecule has 71 heavy (non-hydrogen) atoms. The van der Waals surface area contributed by atoms with Crippen LogP contribution in [0.2, 0.25) is 0 Å². The first-order chi connectivity index (χ1) is 34.6.